The molecule has 0 saturated heterocycles. The molecule has 4 aromatic rings. The summed E-state index contributed by atoms with van der Waals surface area (Å²) >= 11 is 12.5. The van der Waals surface area contributed by atoms with Crippen molar-refractivity contribution in [3.8, 4) is 0 Å². The minimum atomic E-state index is -4.20. The van der Waals surface area contributed by atoms with E-state index in [1.165, 1.54) is 17.0 Å². The van der Waals surface area contributed by atoms with Crippen molar-refractivity contribution in [2.45, 2.75) is 64.6 Å². The van der Waals surface area contributed by atoms with Crippen LogP contribution in [0.25, 0.3) is 0 Å². The van der Waals surface area contributed by atoms with Crippen molar-refractivity contribution in [1.82, 2.24) is 10.2 Å². The van der Waals surface area contributed by atoms with Gasteiger partial charge in [0.05, 0.1) is 20.6 Å². The highest BCUT2D eigenvalue weighted by Gasteiger charge is 2.35. The molecule has 2 amide bonds. The fourth-order valence-corrected chi connectivity index (χ4v) is 6.95. The second-order valence-electron chi connectivity index (χ2n) is 11.8. The molecule has 10 heteroatoms. The number of nitrogens with one attached hydrogen (secondary N) is 1. The number of halogens is 2. The molecule has 7 nitrogen and oxygen atoms in total. The number of hydrogen-bond donors (Lipinski definition) is 1. The largest absolute Gasteiger partial charge is 0.352 e. The van der Waals surface area contributed by atoms with Crippen LogP contribution in [-0.4, -0.2) is 43.8 Å². The van der Waals surface area contributed by atoms with Crippen LogP contribution >= 0.6 is 23.2 Å². The summed E-state index contributed by atoms with van der Waals surface area (Å²) in [5, 5.41) is 3.61. The number of carbonyl (C=O) groups excluding carboxylic acids is 2. The van der Waals surface area contributed by atoms with Gasteiger partial charge >= 0.3 is 0 Å². The molecule has 0 spiro atoms. The van der Waals surface area contributed by atoms with E-state index in [4.69, 9.17) is 23.2 Å². The molecule has 1 N–H and O–H groups in total. The molecule has 4 rings (SSSR count). The smallest absolute Gasteiger partial charge is 0.264 e. The number of hydrogen-bond acceptors (Lipinski definition) is 4. The zero-order valence-corrected chi connectivity index (χ0v) is 29.0. The highest BCUT2D eigenvalue weighted by molar-refractivity contribution is 7.92. The molecule has 0 fully saturated rings. The number of amides is 2. The summed E-state index contributed by atoms with van der Waals surface area (Å²) in [6, 6.07) is 25.2. The Morgan fingerprint density at radius 3 is 1.98 bits per heavy atom. The van der Waals surface area contributed by atoms with E-state index in [2.05, 4.69) is 5.32 Å². The number of nitrogens with zero attached hydrogens (tertiary/aromatic N) is 2. The minimum Gasteiger partial charge on any atom is -0.352 e. The van der Waals surface area contributed by atoms with Gasteiger partial charge < -0.3 is 10.2 Å². The Kier molecular flexibility index (Phi) is 11.5. The molecule has 0 bridgehead atoms. The van der Waals surface area contributed by atoms with Crippen LogP contribution in [0.2, 0.25) is 10.0 Å². The molecule has 4 aromatic carbocycles. The summed E-state index contributed by atoms with van der Waals surface area (Å²) in [7, 11) is -4.20. The van der Waals surface area contributed by atoms with Crippen LogP contribution in [0.15, 0.2) is 95.9 Å². The number of benzene rings is 4. The average molecular weight is 681 g/mol. The van der Waals surface area contributed by atoms with Crippen molar-refractivity contribution in [1.29, 1.82) is 0 Å². The number of anilines is 1. The van der Waals surface area contributed by atoms with Crippen LogP contribution in [0.4, 0.5) is 5.69 Å². The molecular weight excluding hydrogens is 641 g/mol. The van der Waals surface area contributed by atoms with Gasteiger partial charge in [0.1, 0.15) is 12.6 Å². The van der Waals surface area contributed by atoms with Crippen molar-refractivity contribution in [2.75, 3.05) is 10.8 Å². The summed E-state index contributed by atoms with van der Waals surface area (Å²) in [6.07, 6.45) is 0.209. The van der Waals surface area contributed by atoms with Gasteiger partial charge in [0.25, 0.3) is 10.0 Å². The first-order valence-corrected chi connectivity index (χ1v) is 17.2. The number of sulfonamides is 1. The highest BCUT2D eigenvalue weighted by Crippen LogP contribution is 2.28. The fraction of sp³-hybridized carbons (Fsp3) is 0.278. The predicted octanol–water partition coefficient (Wildman–Crippen LogP) is 7.28. The summed E-state index contributed by atoms with van der Waals surface area (Å²) in [5.41, 5.74) is 4.43. The first-order chi connectivity index (χ1) is 21.7. The molecule has 242 valence electrons. The third-order valence-electron chi connectivity index (χ3n) is 7.42. The SMILES string of the molecule is Cc1ccc(S(=O)(=O)N(CC(=O)N(Cc2ccc(Cl)c(Cl)c2)C(Cc2ccccc2)C(=O)NC(C)C)c2cc(C)cc(C)c2)cc1. The van der Waals surface area contributed by atoms with E-state index in [0.29, 0.717) is 21.3 Å². The number of carbonyl (C=O) groups is 2. The van der Waals surface area contributed by atoms with E-state index in [-0.39, 0.29) is 29.8 Å². The second kappa shape index (κ2) is 15.2. The van der Waals surface area contributed by atoms with E-state index in [1.807, 2.05) is 71.0 Å². The lowest BCUT2D eigenvalue weighted by Crippen LogP contribution is -2.54. The maximum Gasteiger partial charge on any atom is 0.264 e. The van der Waals surface area contributed by atoms with Gasteiger partial charge in [-0.2, -0.15) is 0 Å². The topological polar surface area (TPSA) is 86.8 Å². The van der Waals surface area contributed by atoms with Gasteiger partial charge in [-0.05, 0) is 93.3 Å². The Bertz CT molecular complexity index is 1780. The lowest BCUT2D eigenvalue weighted by Gasteiger charge is -2.34. The van der Waals surface area contributed by atoms with Crippen LogP contribution in [0.1, 0.15) is 41.7 Å². The average Bonchev–Trinajstić information content (AvgIpc) is 2.99. The number of rotatable bonds is 12. The zero-order valence-electron chi connectivity index (χ0n) is 26.6. The van der Waals surface area contributed by atoms with Gasteiger partial charge in [-0.3, -0.25) is 13.9 Å². The summed E-state index contributed by atoms with van der Waals surface area (Å²) < 4.78 is 29.6. The van der Waals surface area contributed by atoms with Crippen molar-refractivity contribution in [3.05, 3.63) is 129 Å². The van der Waals surface area contributed by atoms with Gasteiger partial charge in [-0.25, -0.2) is 8.42 Å². The molecule has 0 aliphatic heterocycles. The first-order valence-electron chi connectivity index (χ1n) is 15.0. The Morgan fingerprint density at radius 2 is 1.39 bits per heavy atom. The second-order valence-corrected chi connectivity index (χ2v) is 14.5. The van der Waals surface area contributed by atoms with Gasteiger partial charge in [0, 0.05) is 19.0 Å². The predicted molar refractivity (Wildman–Crippen MR) is 186 cm³/mol. The Hall–Kier alpha value is -3.85. The molecule has 0 saturated carbocycles. The Morgan fingerprint density at radius 1 is 0.761 bits per heavy atom. The Balaban J connectivity index is 1.84. The summed E-state index contributed by atoms with van der Waals surface area (Å²) in [5.74, 6) is -0.910. The molecule has 0 aliphatic rings. The molecule has 1 unspecified atom stereocenters. The van der Waals surface area contributed by atoms with Crippen LogP contribution < -0.4 is 9.62 Å². The number of aryl methyl sites for hydroxylation is 3. The maximum atomic E-state index is 14.6. The van der Waals surface area contributed by atoms with Crippen molar-refractivity contribution >= 4 is 50.7 Å². The molecule has 0 aromatic heterocycles. The zero-order chi connectivity index (χ0) is 33.6. The Labute approximate surface area is 282 Å². The van der Waals surface area contributed by atoms with E-state index < -0.39 is 28.5 Å². The van der Waals surface area contributed by atoms with Crippen LogP contribution in [0.3, 0.4) is 0 Å². The van der Waals surface area contributed by atoms with Crippen LogP contribution in [0, 0.1) is 20.8 Å². The quantitative estimate of drug-likeness (QED) is 0.171. The molecular formula is C36H39Cl2N3O4S. The van der Waals surface area contributed by atoms with Gasteiger partial charge in [-0.1, -0.05) is 83.4 Å². The summed E-state index contributed by atoms with van der Waals surface area (Å²) in [4.78, 5) is 29.9. The summed E-state index contributed by atoms with van der Waals surface area (Å²) in [6.45, 7) is 8.76. The minimum absolute atomic E-state index is 0.00992. The monoisotopic (exact) mass is 679 g/mol. The molecule has 0 heterocycles. The van der Waals surface area contributed by atoms with E-state index in [1.54, 1.807) is 42.5 Å². The third kappa shape index (κ3) is 8.90. The molecule has 1 atom stereocenters. The highest BCUT2D eigenvalue weighted by atomic mass is 35.5. The van der Waals surface area contributed by atoms with Gasteiger partial charge in [0.15, 0.2) is 0 Å². The van der Waals surface area contributed by atoms with Crippen molar-refractivity contribution in [2.24, 2.45) is 0 Å². The lowest BCUT2D eigenvalue weighted by molar-refractivity contribution is -0.140. The maximum absolute atomic E-state index is 14.6. The molecule has 46 heavy (non-hydrogen) atoms. The van der Waals surface area contributed by atoms with E-state index in [0.717, 1.165) is 26.6 Å². The molecule has 0 aliphatic carbocycles. The van der Waals surface area contributed by atoms with E-state index in [9.17, 15) is 18.0 Å². The first kappa shape index (κ1) is 35.0. The van der Waals surface area contributed by atoms with Crippen molar-refractivity contribution in [3.63, 3.8) is 0 Å². The standard InChI is InChI=1S/C36H39Cl2N3O4S/c1-24(2)39-36(43)34(21-28-9-7-6-8-10-28)40(22-29-13-16-32(37)33(38)20-29)35(42)23-41(30-18-26(4)17-27(5)19-30)46(44,45)31-14-11-25(3)12-15-31/h6-20,24,34H,21-23H2,1-5H3,(H,39,43). The van der Waals surface area contributed by atoms with Gasteiger partial charge in [-0.15, -0.1) is 0 Å². The van der Waals surface area contributed by atoms with E-state index >= 15 is 0 Å². The van der Waals surface area contributed by atoms with Gasteiger partial charge in [0.2, 0.25) is 11.8 Å². The van der Waals surface area contributed by atoms with Crippen molar-refractivity contribution < 1.29 is 18.0 Å². The lowest BCUT2D eigenvalue weighted by atomic mass is 10.0. The van der Waals surface area contributed by atoms with Crippen LogP contribution in [-0.2, 0) is 32.6 Å². The normalized spacial score (nSPS) is 12.1. The van der Waals surface area contributed by atoms with Crippen LogP contribution in [0.5, 0.6) is 0 Å². The fourth-order valence-electron chi connectivity index (χ4n) is 5.23. The third-order valence-corrected chi connectivity index (χ3v) is 9.95. The molecule has 0 radical (unpaired) electrons.